The van der Waals surface area contributed by atoms with Crippen LogP contribution in [0.2, 0.25) is 10.3 Å². The van der Waals surface area contributed by atoms with Crippen LogP contribution >= 0.6 is 23.2 Å². The highest BCUT2D eigenvalue weighted by Crippen LogP contribution is 2.33. The molecule has 0 fully saturated rings. The average Bonchev–Trinajstić information content (AvgIpc) is 3.16. The summed E-state index contributed by atoms with van der Waals surface area (Å²) in [5.74, 6) is -1.20. The van der Waals surface area contributed by atoms with Crippen LogP contribution in [0.15, 0.2) is 48.7 Å². The van der Waals surface area contributed by atoms with Crippen molar-refractivity contribution >= 4 is 35.0 Å². The standard InChI is InChI=1S/C24H19Cl2F3N4O3/c1-12(13-3-2-4-16(7-13)24(27,28)29)31-21(35)19(11-34)33-10-15-6-5-14(8-17(15)22(33)36)20-18(25)9-30-23(26)32-20/h2-9,12,19,34H,10-11H2,1H3,(H,31,35). The molecule has 2 heterocycles. The summed E-state index contributed by atoms with van der Waals surface area (Å²) in [6.07, 6.45) is -3.19. The van der Waals surface area contributed by atoms with Crippen LogP contribution in [0.1, 0.15) is 40.0 Å². The summed E-state index contributed by atoms with van der Waals surface area (Å²) in [5.41, 5.74) is 1.16. The molecule has 2 unspecified atom stereocenters. The zero-order chi connectivity index (χ0) is 26.2. The van der Waals surface area contributed by atoms with Gasteiger partial charge in [0.2, 0.25) is 11.2 Å². The van der Waals surface area contributed by atoms with E-state index in [0.717, 1.165) is 12.1 Å². The lowest BCUT2D eigenvalue weighted by Crippen LogP contribution is -2.49. The van der Waals surface area contributed by atoms with Crippen molar-refractivity contribution in [3.05, 3.63) is 81.2 Å². The summed E-state index contributed by atoms with van der Waals surface area (Å²) in [4.78, 5) is 35.2. The van der Waals surface area contributed by atoms with Crippen LogP contribution in [-0.2, 0) is 17.5 Å². The fourth-order valence-corrected chi connectivity index (χ4v) is 4.30. The van der Waals surface area contributed by atoms with Gasteiger partial charge in [-0.15, -0.1) is 0 Å². The lowest BCUT2D eigenvalue weighted by molar-refractivity contribution is -0.137. The van der Waals surface area contributed by atoms with Gasteiger partial charge in [0, 0.05) is 17.7 Å². The highest BCUT2D eigenvalue weighted by molar-refractivity contribution is 6.33. The van der Waals surface area contributed by atoms with Gasteiger partial charge < -0.3 is 15.3 Å². The van der Waals surface area contributed by atoms with Gasteiger partial charge in [0.15, 0.2) is 0 Å². The van der Waals surface area contributed by atoms with Gasteiger partial charge in [-0.2, -0.15) is 13.2 Å². The van der Waals surface area contributed by atoms with E-state index in [1.165, 1.54) is 30.2 Å². The van der Waals surface area contributed by atoms with Crippen molar-refractivity contribution in [3.63, 3.8) is 0 Å². The van der Waals surface area contributed by atoms with Crippen LogP contribution in [0, 0.1) is 0 Å². The maximum atomic E-state index is 13.2. The molecule has 1 aliphatic rings. The first kappa shape index (κ1) is 25.9. The van der Waals surface area contributed by atoms with E-state index in [-0.39, 0.29) is 22.4 Å². The number of fused-ring (bicyclic) bond motifs is 1. The van der Waals surface area contributed by atoms with Crippen molar-refractivity contribution in [1.82, 2.24) is 20.2 Å². The predicted octanol–water partition coefficient (Wildman–Crippen LogP) is 4.66. The lowest BCUT2D eigenvalue weighted by atomic mass is 10.0. The van der Waals surface area contributed by atoms with Crippen LogP contribution in [0.4, 0.5) is 13.2 Å². The molecule has 0 saturated heterocycles. The smallest absolute Gasteiger partial charge is 0.394 e. The number of hydrogen-bond donors (Lipinski definition) is 2. The molecule has 2 amide bonds. The van der Waals surface area contributed by atoms with E-state index in [9.17, 15) is 27.9 Å². The summed E-state index contributed by atoms with van der Waals surface area (Å²) in [7, 11) is 0. The molecule has 7 nitrogen and oxygen atoms in total. The van der Waals surface area contributed by atoms with Gasteiger partial charge in [-0.25, -0.2) is 9.97 Å². The van der Waals surface area contributed by atoms with Gasteiger partial charge in [0.05, 0.1) is 35.1 Å². The van der Waals surface area contributed by atoms with Crippen molar-refractivity contribution < 1.29 is 27.9 Å². The van der Waals surface area contributed by atoms with Gasteiger partial charge in [-0.1, -0.05) is 35.9 Å². The molecule has 0 bridgehead atoms. The number of amides is 2. The maximum Gasteiger partial charge on any atom is 0.416 e. The molecular formula is C24H19Cl2F3N4O3. The quantitative estimate of drug-likeness (QED) is 0.445. The molecule has 3 aromatic rings. The molecule has 0 saturated carbocycles. The molecule has 36 heavy (non-hydrogen) atoms. The Morgan fingerprint density at radius 1 is 1.22 bits per heavy atom. The number of aromatic nitrogens is 2. The Hall–Kier alpha value is -3.21. The van der Waals surface area contributed by atoms with Gasteiger partial charge in [0.25, 0.3) is 5.91 Å². The number of carbonyl (C=O) groups is 2. The van der Waals surface area contributed by atoms with Crippen molar-refractivity contribution in [2.75, 3.05) is 6.61 Å². The number of aliphatic hydroxyl groups excluding tert-OH is 1. The molecule has 1 aromatic heterocycles. The van der Waals surface area contributed by atoms with Gasteiger partial charge in [0.1, 0.15) is 6.04 Å². The lowest BCUT2D eigenvalue weighted by Gasteiger charge is -2.27. The van der Waals surface area contributed by atoms with E-state index in [2.05, 4.69) is 15.3 Å². The molecule has 0 spiro atoms. The Balaban J connectivity index is 1.53. The van der Waals surface area contributed by atoms with Crippen molar-refractivity contribution in [2.45, 2.75) is 31.7 Å². The first-order chi connectivity index (χ1) is 17.0. The Morgan fingerprint density at radius 3 is 2.67 bits per heavy atom. The van der Waals surface area contributed by atoms with Gasteiger partial charge in [-0.3, -0.25) is 9.59 Å². The molecule has 1 aliphatic heterocycles. The second-order valence-electron chi connectivity index (χ2n) is 8.19. The number of aliphatic hydroxyl groups is 1. The molecule has 2 aromatic carbocycles. The van der Waals surface area contributed by atoms with E-state index in [4.69, 9.17) is 23.2 Å². The van der Waals surface area contributed by atoms with Gasteiger partial charge in [-0.05, 0) is 47.9 Å². The van der Waals surface area contributed by atoms with E-state index >= 15 is 0 Å². The minimum Gasteiger partial charge on any atom is -0.394 e. The third-order valence-electron chi connectivity index (χ3n) is 5.85. The minimum absolute atomic E-state index is 0.0187. The molecular weight excluding hydrogens is 520 g/mol. The SMILES string of the molecule is CC(NC(=O)C(CO)N1Cc2ccc(-c3nc(Cl)ncc3Cl)cc2C1=O)c1cccc(C(F)(F)F)c1. The Bertz CT molecular complexity index is 1340. The van der Waals surface area contributed by atoms with Gasteiger partial charge >= 0.3 is 6.18 Å². The Labute approximate surface area is 213 Å². The van der Waals surface area contributed by atoms with Crippen LogP contribution in [0.25, 0.3) is 11.3 Å². The van der Waals surface area contributed by atoms with Crippen LogP contribution in [0.3, 0.4) is 0 Å². The number of benzene rings is 2. The molecule has 4 rings (SSSR count). The number of nitrogens with one attached hydrogen (secondary N) is 1. The first-order valence-electron chi connectivity index (χ1n) is 10.7. The van der Waals surface area contributed by atoms with Crippen LogP contribution < -0.4 is 5.32 Å². The topological polar surface area (TPSA) is 95.4 Å². The number of hydrogen-bond acceptors (Lipinski definition) is 5. The number of alkyl halides is 3. The van der Waals surface area contributed by atoms with Crippen molar-refractivity contribution in [1.29, 1.82) is 0 Å². The number of halogens is 5. The van der Waals surface area contributed by atoms with E-state index < -0.39 is 42.2 Å². The average molecular weight is 539 g/mol. The van der Waals surface area contributed by atoms with Crippen molar-refractivity contribution in [3.8, 4) is 11.3 Å². The Kier molecular flexibility index (Phi) is 7.21. The Morgan fingerprint density at radius 2 is 1.97 bits per heavy atom. The minimum atomic E-state index is -4.53. The number of rotatable bonds is 6. The fraction of sp³-hybridized carbons (Fsp3) is 0.250. The summed E-state index contributed by atoms with van der Waals surface area (Å²) >= 11 is 12.0. The number of nitrogens with zero attached hydrogens (tertiary/aromatic N) is 3. The second-order valence-corrected chi connectivity index (χ2v) is 8.94. The molecule has 12 heteroatoms. The first-order valence-corrected chi connectivity index (χ1v) is 11.5. The van der Waals surface area contributed by atoms with E-state index in [1.54, 1.807) is 18.2 Å². The molecule has 0 radical (unpaired) electrons. The molecule has 2 atom stereocenters. The van der Waals surface area contributed by atoms with Crippen molar-refractivity contribution in [2.24, 2.45) is 0 Å². The zero-order valence-electron chi connectivity index (χ0n) is 18.7. The highest BCUT2D eigenvalue weighted by atomic mass is 35.5. The second kappa shape index (κ2) is 10.0. The number of carbonyl (C=O) groups excluding carboxylic acids is 2. The van der Waals surface area contributed by atoms with E-state index in [1.807, 2.05) is 0 Å². The monoisotopic (exact) mass is 538 g/mol. The predicted molar refractivity (Wildman–Crippen MR) is 126 cm³/mol. The molecule has 0 aliphatic carbocycles. The summed E-state index contributed by atoms with van der Waals surface area (Å²) in [5, 5.41) is 12.7. The third kappa shape index (κ3) is 5.16. The van der Waals surface area contributed by atoms with Crippen LogP contribution in [0.5, 0.6) is 0 Å². The molecule has 2 N–H and O–H groups in total. The third-order valence-corrected chi connectivity index (χ3v) is 6.31. The normalized spacial score (nSPS) is 15.0. The summed E-state index contributed by atoms with van der Waals surface area (Å²) in [6, 6.07) is 7.49. The van der Waals surface area contributed by atoms with E-state index in [0.29, 0.717) is 22.4 Å². The maximum absolute atomic E-state index is 13.2. The fourth-order valence-electron chi connectivity index (χ4n) is 3.97. The zero-order valence-corrected chi connectivity index (χ0v) is 20.2. The molecule has 188 valence electrons. The highest BCUT2D eigenvalue weighted by Gasteiger charge is 2.37. The summed E-state index contributed by atoms with van der Waals surface area (Å²) < 4.78 is 39.1. The largest absolute Gasteiger partial charge is 0.416 e. The van der Waals surface area contributed by atoms with Crippen LogP contribution in [-0.4, -0.2) is 44.4 Å². The summed E-state index contributed by atoms with van der Waals surface area (Å²) in [6.45, 7) is 0.898.